The van der Waals surface area contributed by atoms with Crippen LogP contribution in [0.3, 0.4) is 0 Å². The van der Waals surface area contributed by atoms with Gasteiger partial charge >= 0.3 is 0 Å². The first-order valence-corrected chi connectivity index (χ1v) is 5.90. The highest BCUT2D eigenvalue weighted by atomic mass is 14.9. The van der Waals surface area contributed by atoms with E-state index in [0.29, 0.717) is 6.04 Å². The molecule has 0 amide bonds. The second-order valence-electron chi connectivity index (χ2n) is 4.52. The van der Waals surface area contributed by atoms with Gasteiger partial charge in [0.15, 0.2) is 0 Å². The minimum Gasteiger partial charge on any atom is -0.314 e. The van der Waals surface area contributed by atoms with E-state index in [2.05, 4.69) is 33.0 Å². The molecule has 0 saturated carbocycles. The average molecular weight is 185 g/mol. The van der Waals surface area contributed by atoms with Gasteiger partial charge in [-0.15, -0.1) is 0 Å². The molecule has 1 unspecified atom stereocenters. The first-order valence-electron chi connectivity index (χ1n) is 5.90. The molecule has 0 aromatic heterocycles. The van der Waals surface area contributed by atoms with Crippen LogP contribution in [0.1, 0.15) is 59.8 Å². The molecule has 0 bridgehead atoms. The summed E-state index contributed by atoms with van der Waals surface area (Å²) in [6, 6.07) is 0.637. The number of hydrogen-bond acceptors (Lipinski definition) is 1. The van der Waals surface area contributed by atoms with Crippen LogP contribution in [-0.4, -0.2) is 12.6 Å². The fourth-order valence-electron chi connectivity index (χ4n) is 1.46. The van der Waals surface area contributed by atoms with Crippen molar-refractivity contribution >= 4 is 0 Å². The van der Waals surface area contributed by atoms with Crippen LogP contribution in [0, 0.1) is 5.92 Å². The van der Waals surface area contributed by atoms with E-state index in [4.69, 9.17) is 0 Å². The van der Waals surface area contributed by atoms with Crippen LogP contribution >= 0.6 is 0 Å². The van der Waals surface area contributed by atoms with E-state index in [9.17, 15) is 0 Å². The lowest BCUT2D eigenvalue weighted by atomic mass is 10.0. The van der Waals surface area contributed by atoms with Gasteiger partial charge in [0.1, 0.15) is 0 Å². The molecule has 0 rings (SSSR count). The number of rotatable bonds is 8. The maximum Gasteiger partial charge on any atom is 0.00104 e. The fraction of sp³-hybridized carbons (Fsp3) is 1.00. The lowest BCUT2D eigenvalue weighted by Gasteiger charge is -2.14. The monoisotopic (exact) mass is 185 g/mol. The lowest BCUT2D eigenvalue weighted by Crippen LogP contribution is -2.27. The van der Waals surface area contributed by atoms with Crippen molar-refractivity contribution in [3.8, 4) is 0 Å². The van der Waals surface area contributed by atoms with E-state index in [0.717, 1.165) is 5.92 Å². The maximum absolute atomic E-state index is 3.49. The summed E-state index contributed by atoms with van der Waals surface area (Å²) < 4.78 is 0. The standard InChI is InChI=1S/C12H27N/c1-5-6-7-8-9-12(4)10-13-11(2)3/h11-13H,5-10H2,1-4H3. The quantitative estimate of drug-likeness (QED) is 0.570. The largest absolute Gasteiger partial charge is 0.314 e. The predicted molar refractivity (Wildman–Crippen MR) is 61.1 cm³/mol. The first kappa shape index (κ1) is 13.0. The molecule has 0 spiro atoms. The maximum atomic E-state index is 3.49. The van der Waals surface area contributed by atoms with E-state index in [-0.39, 0.29) is 0 Å². The summed E-state index contributed by atoms with van der Waals surface area (Å²) in [5, 5.41) is 3.49. The van der Waals surface area contributed by atoms with Gasteiger partial charge in [0.25, 0.3) is 0 Å². The molecule has 1 N–H and O–H groups in total. The fourth-order valence-corrected chi connectivity index (χ4v) is 1.46. The van der Waals surface area contributed by atoms with Crippen molar-refractivity contribution < 1.29 is 0 Å². The van der Waals surface area contributed by atoms with E-state index < -0.39 is 0 Å². The molecule has 0 aromatic rings. The van der Waals surface area contributed by atoms with Crippen LogP contribution in [0.4, 0.5) is 0 Å². The van der Waals surface area contributed by atoms with Crippen LogP contribution in [-0.2, 0) is 0 Å². The Kier molecular flexibility index (Phi) is 8.53. The zero-order valence-corrected chi connectivity index (χ0v) is 9.90. The summed E-state index contributed by atoms with van der Waals surface area (Å²) in [6.07, 6.45) is 6.97. The molecule has 0 saturated heterocycles. The summed E-state index contributed by atoms with van der Waals surface area (Å²) >= 11 is 0. The topological polar surface area (TPSA) is 12.0 Å². The molecule has 0 radical (unpaired) electrons. The van der Waals surface area contributed by atoms with Gasteiger partial charge in [-0.05, 0) is 18.9 Å². The van der Waals surface area contributed by atoms with Gasteiger partial charge < -0.3 is 5.32 Å². The molecule has 0 aliphatic carbocycles. The highest BCUT2D eigenvalue weighted by molar-refractivity contribution is 4.60. The minimum absolute atomic E-state index is 0.637. The summed E-state index contributed by atoms with van der Waals surface area (Å²) in [6.45, 7) is 10.2. The normalized spacial score (nSPS) is 13.6. The van der Waals surface area contributed by atoms with Crippen molar-refractivity contribution in [3.05, 3.63) is 0 Å². The van der Waals surface area contributed by atoms with Crippen LogP contribution < -0.4 is 5.32 Å². The van der Waals surface area contributed by atoms with Crippen molar-refractivity contribution in [2.45, 2.75) is 65.8 Å². The average Bonchev–Trinajstić information content (AvgIpc) is 2.09. The second kappa shape index (κ2) is 8.55. The van der Waals surface area contributed by atoms with Gasteiger partial charge in [0.2, 0.25) is 0 Å². The molecule has 0 heterocycles. The van der Waals surface area contributed by atoms with Crippen molar-refractivity contribution in [2.24, 2.45) is 5.92 Å². The van der Waals surface area contributed by atoms with E-state index in [1.807, 2.05) is 0 Å². The van der Waals surface area contributed by atoms with Gasteiger partial charge in [-0.1, -0.05) is 53.4 Å². The smallest absolute Gasteiger partial charge is 0.00104 e. The van der Waals surface area contributed by atoms with Crippen molar-refractivity contribution in [1.29, 1.82) is 0 Å². The van der Waals surface area contributed by atoms with Crippen LogP contribution in [0.25, 0.3) is 0 Å². The zero-order valence-electron chi connectivity index (χ0n) is 9.90. The first-order chi connectivity index (χ1) is 6.16. The van der Waals surface area contributed by atoms with E-state index in [1.165, 1.54) is 38.6 Å². The predicted octanol–water partition coefficient (Wildman–Crippen LogP) is 3.59. The van der Waals surface area contributed by atoms with Crippen LogP contribution in [0.5, 0.6) is 0 Å². The van der Waals surface area contributed by atoms with E-state index >= 15 is 0 Å². The molecular formula is C12H27N. The molecule has 0 fully saturated rings. The van der Waals surface area contributed by atoms with E-state index in [1.54, 1.807) is 0 Å². The Bertz CT molecular complexity index is 99.3. The summed E-state index contributed by atoms with van der Waals surface area (Å²) in [5.74, 6) is 0.847. The van der Waals surface area contributed by atoms with Gasteiger partial charge in [0, 0.05) is 6.04 Å². The van der Waals surface area contributed by atoms with Gasteiger partial charge in [0.05, 0.1) is 0 Å². The van der Waals surface area contributed by atoms with Crippen molar-refractivity contribution in [1.82, 2.24) is 5.32 Å². The summed E-state index contributed by atoms with van der Waals surface area (Å²) in [5.41, 5.74) is 0. The second-order valence-corrected chi connectivity index (χ2v) is 4.52. The molecule has 13 heavy (non-hydrogen) atoms. The molecule has 1 heteroatoms. The molecule has 0 aliphatic rings. The Hall–Kier alpha value is -0.0400. The molecule has 1 nitrogen and oxygen atoms in total. The number of hydrogen-bond donors (Lipinski definition) is 1. The third kappa shape index (κ3) is 9.88. The van der Waals surface area contributed by atoms with Gasteiger partial charge in [-0.25, -0.2) is 0 Å². The zero-order chi connectivity index (χ0) is 10.1. The number of nitrogens with one attached hydrogen (secondary N) is 1. The summed E-state index contributed by atoms with van der Waals surface area (Å²) in [7, 11) is 0. The Morgan fingerprint density at radius 2 is 1.69 bits per heavy atom. The van der Waals surface area contributed by atoms with Crippen molar-refractivity contribution in [3.63, 3.8) is 0 Å². The van der Waals surface area contributed by atoms with Gasteiger partial charge in [-0.3, -0.25) is 0 Å². The lowest BCUT2D eigenvalue weighted by molar-refractivity contribution is 0.434. The van der Waals surface area contributed by atoms with Gasteiger partial charge in [-0.2, -0.15) is 0 Å². The Morgan fingerprint density at radius 1 is 1.00 bits per heavy atom. The third-order valence-electron chi connectivity index (χ3n) is 2.43. The Morgan fingerprint density at radius 3 is 2.23 bits per heavy atom. The Labute approximate surface area is 84.3 Å². The molecule has 0 aliphatic heterocycles. The SMILES string of the molecule is CCCCCCC(C)CNC(C)C. The molecular weight excluding hydrogens is 158 g/mol. The Balaban J connectivity index is 3.15. The minimum atomic E-state index is 0.637. The van der Waals surface area contributed by atoms with Crippen LogP contribution in [0.15, 0.2) is 0 Å². The third-order valence-corrected chi connectivity index (χ3v) is 2.43. The van der Waals surface area contributed by atoms with Crippen LogP contribution in [0.2, 0.25) is 0 Å². The summed E-state index contributed by atoms with van der Waals surface area (Å²) in [4.78, 5) is 0. The van der Waals surface area contributed by atoms with Crippen molar-refractivity contribution in [2.75, 3.05) is 6.54 Å². The molecule has 80 valence electrons. The molecule has 0 aromatic carbocycles. The highest BCUT2D eigenvalue weighted by Gasteiger charge is 2.01. The number of unbranched alkanes of at least 4 members (excludes halogenated alkanes) is 3. The highest BCUT2D eigenvalue weighted by Crippen LogP contribution is 2.09. The molecule has 1 atom stereocenters.